The van der Waals surface area contributed by atoms with Gasteiger partial charge < -0.3 is 68.9 Å². The summed E-state index contributed by atoms with van der Waals surface area (Å²) in [5.41, 5.74) is 11.0. The summed E-state index contributed by atoms with van der Waals surface area (Å²) >= 11 is 0. The van der Waals surface area contributed by atoms with Crippen LogP contribution in [-0.2, 0) is 43.2 Å². The fourth-order valence-electron chi connectivity index (χ4n) is 3.77. The van der Waals surface area contributed by atoms with Crippen molar-refractivity contribution in [2.24, 2.45) is 11.5 Å². The van der Waals surface area contributed by atoms with Gasteiger partial charge in [0.15, 0.2) is 0 Å². The molecule has 15 N–H and O–H groups in total. The summed E-state index contributed by atoms with van der Waals surface area (Å²) < 4.78 is 0. The van der Waals surface area contributed by atoms with Gasteiger partial charge in [0.1, 0.15) is 30.7 Å². The van der Waals surface area contributed by atoms with E-state index in [-0.39, 0.29) is 19.4 Å². The van der Waals surface area contributed by atoms with E-state index in [1.54, 1.807) is 0 Å². The highest BCUT2D eigenvalue weighted by atomic mass is 16.4. The Morgan fingerprint density at radius 3 is 1.69 bits per heavy atom. The number of carboxylic acids is 3. The fourth-order valence-corrected chi connectivity index (χ4v) is 3.77. The van der Waals surface area contributed by atoms with E-state index in [9.17, 15) is 53.4 Å². The van der Waals surface area contributed by atoms with Gasteiger partial charge in [0.2, 0.25) is 35.4 Å². The number of carbonyl (C=O) groups excluding carboxylic acids is 6. The van der Waals surface area contributed by atoms with Gasteiger partial charge >= 0.3 is 17.9 Å². The monoisotopic (exact) mass is 692 g/mol. The molecule has 22 nitrogen and oxygen atoms in total. The number of amides is 6. The van der Waals surface area contributed by atoms with E-state index in [2.05, 4.69) is 26.6 Å². The molecule has 0 saturated carbocycles. The van der Waals surface area contributed by atoms with Gasteiger partial charge in [-0.15, -0.1) is 0 Å². The molecule has 0 aliphatic carbocycles. The van der Waals surface area contributed by atoms with Crippen LogP contribution in [0.2, 0.25) is 0 Å². The third-order valence-electron chi connectivity index (χ3n) is 6.33. The van der Waals surface area contributed by atoms with E-state index in [1.165, 1.54) is 0 Å². The topological polar surface area (TPSA) is 379 Å². The third-order valence-corrected chi connectivity index (χ3v) is 6.33. The lowest BCUT2D eigenvalue weighted by molar-refractivity contribution is -0.140. The second-order valence-electron chi connectivity index (χ2n) is 10.4. The second-order valence-corrected chi connectivity index (χ2v) is 10.4. The smallest absolute Gasteiger partial charge is 0.322 e. The van der Waals surface area contributed by atoms with Crippen molar-refractivity contribution in [2.75, 3.05) is 26.2 Å². The average molecular weight is 693 g/mol. The fraction of sp³-hybridized carbons (Fsp3) is 0.654. The van der Waals surface area contributed by atoms with Crippen molar-refractivity contribution >= 4 is 53.4 Å². The van der Waals surface area contributed by atoms with Crippen molar-refractivity contribution in [3.8, 4) is 0 Å². The maximum atomic E-state index is 13.2. The van der Waals surface area contributed by atoms with Crippen molar-refractivity contribution < 1.29 is 68.7 Å². The number of unbranched alkanes of at least 4 members (excludes halogenated alkanes) is 1. The van der Waals surface area contributed by atoms with Crippen LogP contribution in [0.25, 0.3) is 0 Å². The van der Waals surface area contributed by atoms with Gasteiger partial charge in [-0.3, -0.25) is 43.2 Å². The summed E-state index contributed by atoms with van der Waals surface area (Å²) in [6, 6.07) is -8.07. The summed E-state index contributed by atoms with van der Waals surface area (Å²) in [6.07, 6.45) is -2.90. The number of nitrogens with one attached hydrogen (secondary N) is 6. The van der Waals surface area contributed by atoms with E-state index in [1.807, 2.05) is 5.32 Å². The van der Waals surface area contributed by atoms with Gasteiger partial charge in [0.05, 0.1) is 31.7 Å². The molecule has 0 rings (SSSR count). The highest BCUT2D eigenvalue weighted by molar-refractivity contribution is 5.97. The normalized spacial score (nSPS) is 14.4. The Bertz CT molecular complexity index is 1170. The number of aliphatic hydroxyl groups excluding tert-OH is 2. The van der Waals surface area contributed by atoms with Crippen LogP contribution in [0.15, 0.2) is 0 Å². The third kappa shape index (κ3) is 17.7. The first-order chi connectivity index (χ1) is 22.4. The molecule has 22 heteroatoms. The maximum absolute atomic E-state index is 13.2. The van der Waals surface area contributed by atoms with Crippen molar-refractivity contribution in [1.29, 1.82) is 0 Å². The Labute approximate surface area is 273 Å². The number of aliphatic carboxylic acids is 3. The minimum atomic E-state index is -1.75. The summed E-state index contributed by atoms with van der Waals surface area (Å²) in [5.74, 6) is -10.4. The lowest BCUT2D eigenvalue weighted by Gasteiger charge is -2.26. The maximum Gasteiger partial charge on any atom is 0.322 e. The van der Waals surface area contributed by atoms with E-state index in [0.717, 1.165) is 6.92 Å². The molecule has 6 amide bonds. The molecule has 6 atom stereocenters. The van der Waals surface area contributed by atoms with Crippen LogP contribution in [0.5, 0.6) is 0 Å². The minimum Gasteiger partial charge on any atom is -0.481 e. The Hall–Kier alpha value is -4.93. The zero-order valence-electron chi connectivity index (χ0n) is 26.1. The summed E-state index contributed by atoms with van der Waals surface area (Å²) in [6.45, 7) is -1.17. The molecule has 272 valence electrons. The van der Waals surface area contributed by atoms with Crippen LogP contribution in [-0.4, -0.2) is 141 Å². The number of hydrogen-bond donors (Lipinski definition) is 13. The van der Waals surface area contributed by atoms with Crippen LogP contribution in [0, 0.1) is 0 Å². The molecular formula is C26H44N8O14. The second kappa shape index (κ2) is 22.6. The summed E-state index contributed by atoms with van der Waals surface area (Å²) in [4.78, 5) is 108. The lowest BCUT2D eigenvalue weighted by Crippen LogP contribution is -2.61. The molecule has 0 radical (unpaired) electrons. The van der Waals surface area contributed by atoms with Crippen LogP contribution in [0.4, 0.5) is 0 Å². The number of carboxylic acid groups (broad SMARTS) is 3. The largest absolute Gasteiger partial charge is 0.481 e. The molecule has 0 aliphatic heterocycles. The van der Waals surface area contributed by atoms with Crippen molar-refractivity contribution in [3.63, 3.8) is 0 Å². The van der Waals surface area contributed by atoms with Crippen LogP contribution in [0.1, 0.15) is 45.4 Å². The SMILES string of the molecule is C[C@@H](O)[C@H](NC(=O)[C@H](CO)NC(=O)[C@H](CCCCN)NC(=O)[C@H](CCC(=O)O)NC(=O)[C@@H](N)CC(=O)O)C(=O)NCC(=O)NCC(=O)O. The number of nitrogens with two attached hydrogens (primary N) is 2. The standard InChI is InChI=1S/C26H44N8O14/c1-12(36)21(26(48)30-9-17(37)29-10-20(42)43)34-25(47)16(11-35)33-23(45)14(4-2-3-7-27)32-24(46)15(5-6-18(38)39)31-22(44)13(28)8-19(40)41/h12-16,21,35-36H,2-11,27-28H2,1H3,(H,29,37)(H,30,48)(H,31,44)(H,32,46)(H,33,45)(H,34,47)(H,38,39)(H,40,41)(H,42,43)/t12-,13+,14+,15+,16+,21+/m1/s1. The number of rotatable bonds is 24. The minimum absolute atomic E-state index is 0.0880. The summed E-state index contributed by atoms with van der Waals surface area (Å²) in [5, 5.41) is 59.2. The molecule has 0 heterocycles. The van der Waals surface area contributed by atoms with Gasteiger partial charge in [0, 0.05) is 6.42 Å². The summed E-state index contributed by atoms with van der Waals surface area (Å²) in [7, 11) is 0. The molecule has 0 fully saturated rings. The molecule has 0 saturated heterocycles. The molecule has 0 unspecified atom stereocenters. The molecule has 0 aromatic carbocycles. The van der Waals surface area contributed by atoms with Crippen molar-refractivity contribution in [1.82, 2.24) is 31.9 Å². The number of hydrogen-bond acceptors (Lipinski definition) is 13. The molecule has 48 heavy (non-hydrogen) atoms. The van der Waals surface area contributed by atoms with E-state index < -0.39 is 129 Å². The highest BCUT2D eigenvalue weighted by Gasteiger charge is 2.33. The van der Waals surface area contributed by atoms with Gasteiger partial charge in [-0.25, -0.2) is 0 Å². The predicted molar refractivity (Wildman–Crippen MR) is 160 cm³/mol. The molecule has 0 aromatic heterocycles. The quantitative estimate of drug-likeness (QED) is 0.0418. The Morgan fingerprint density at radius 1 is 0.646 bits per heavy atom. The van der Waals surface area contributed by atoms with E-state index in [4.69, 9.17) is 26.8 Å². The van der Waals surface area contributed by atoms with Gasteiger partial charge in [-0.2, -0.15) is 0 Å². The predicted octanol–water partition coefficient (Wildman–Crippen LogP) is -6.59. The Balaban J connectivity index is 5.77. The van der Waals surface area contributed by atoms with Gasteiger partial charge in [-0.05, 0) is 39.2 Å². The molecule has 0 aliphatic rings. The number of carbonyl (C=O) groups is 9. The van der Waals surface area contributed by atoms with Gasteiger partial charge in [-0.1, -0.05) is 0 Å². The van der Waals surface area contributed by atoms with E-state index in [0.29, 0.717) is 6.42 Å². The van der Waals surface area contributed by atoms with Crippen molar-refractivity contribution in [2.45, 2.75) is 81.8 Å². The first-order valence-electron chi connectivity index (χ1n) is 14.6. The Morgan fingerprint density at radius 2 is 1.19 bits per heavy atom. The zero-order valence-corrected chi connectivity index (χ0v) is 26.1. The molecule has 0 aromatic rings. The first-order valence-corrected chi connectivity index (χ1v) is 14.6. The van der Waals surface area contributed by atoms with E-state index >= 15 is 0 Å². The Kier molecular flexibility index (Phi) is 20.3. The van der Waals surface area contributed by atoms with Gasteiger partial charge in [0.25, 0.3) is 0 Å². The van der Waals surface area contributed by atoms with Crippen molar-refractivity contribution in [3.05, 3.63) is 0 Å². The average Bonchev–Trinajstić information content (AvgIpc) is 3.00. The van der Waals surface area contributed by atoms with Crippen LogP contribution >= 0.6 is 0 Å². The van der Waals surface area contributed by atoms with Crippen LogP contribution in [0.3, 0.4) is 0 Å². The number of aliphatic hydroxyl groups is 2. The highest BCUT2D eigenvalue weighted by Crippen LogP contribution is 2.06. The van der Waals surface area contributed by atoms with Crippen LogP contribution < -0.4 is 43.4 Å². The molecule has 0 spiro atoms. The lowest BCUT2D eigenvalue weighted by atomic mass is 10.0. The molecule has 0 bridgehead atoms. The first kappa shape index (κ1) is 43.1. The zero-order chi connectivity index (χ0) is 37.0. The molecular weight excluding hydrogens is 648 g/mol.